The summed E-state index contributed by atoms with van der Waals surface area (Å²) in [5, 5.41) is 30.7. The number of rotatable bonds is 50. The summed E-state index contributed by atoms with van der Waals surface area (Å²) in [5.74, 6) is -2.71. The maximum absolute atomic E-state index is 10.2. The Morgan fingerprint density at radius 2 is 0.421 bits per heavy atom. The monoisotopic (exact) mass is 1170 g/mol. The zero-order chi connectivity index (χ0) is 54.3. The fourth-order valence-electron chi connectivity index (χ4n) is 9.24. The molecule has 2 aromatic rings. The topological polar surface area (TPSA) is 120 Å². The molecule has 0 saturated heterocycles. The molecule has 0 aliphatic carbocycles. The molecular formula is C68H117BaLiO6. The van der Waals surface area contributed by atoms with Gasteiger partial charge in [-0.25, -0.2) is 0 Å². The number of unbranched alkanes of at least 4 members (excludes halogenated alkanes) is 42. The molecule has 0 aromatic heterocycles. The van der Waals surface area contributed by atoms with E-state index in [0.717, 1.165) is 38.5 Å². The minimum Gasteiger partial charge on any atom is -0.550 e. The van der Waals surface area contributed by atoms with Crippen molar-refractivity contribution in [1.82, 2.24) is 0 Å². The van der Waals surface area contributed by atoms with Crippen molar-refractivity contribution in [3.8, 4) is 0 Å². The minimum absolute atomic E-state index is 0. The van der Waals surface area contributed by atoms with Crippen LogP contribution in [0.4, 0.5) is 0 Å². The van der Waals surface area contributed by atoms with Crippen LogP contribution in [0.2, 0.25) is 0 Å². The first kappa shape index (κ1) is 81.2. The molecule has 76 heavy (non-hydrogen) atoms. The van der Waals surface area contributed by atoms with E-state index in [1.54, 1.807) is 0 Å². The minimum atomic E-state index is -0.903. The van der Waals surface area contributed by atoms with Gasteiger partial charge in [0.15, 0.2) is 0 Å². The van der Waals surface area contributed by atoms with Gasteiger partial charge in [0.1, 0.15) is 0 Å². The first-order chi connectivity index (χ1) is 36.3. The second kappa shape index (κ2) is 71.8. The van der Waals surface area contributed by atoms with Gasteiger partial charge in [-0.2, -0.15) is 0 Å². The molecule has 0 radical (unpaired) electrons. The van der Waals surface area contributed by atoms with Crippen LogP contribution in [0.5, 0.6) is 0 Å². The summed E-state index contributed by atoms with van der Waals surface area (Å²) < 4.78 is 0. The van der Waals surface area contributed by atoms with Gasteiger partial charge in [0.05, 0.1) is 0 Å². The van der Waals surface area contributed by atoms with E-state index >= 15 is 0 Å². The summed E-state index contributed by atoms with van der Waals surface area (Å²) in [6.07, 6.45) is 63.8. The number of hydrogen-bond donors (Lipinski definition) is 0. The smallest absolute Gasteiger partial charge is 0.550 e. The van der Waals surface area contributed by atoms with Crippen LogP contribution in [0, 0.1) is 0 Å². The predicted molar refractivity (Wildman–Crippen MR) is 321 cm³/mol. The fourth-order valence-corrected chi connectivity index (χ4v) is 9.24. The zero-order valence-corrected chi connectivity index (χ0v) is 55.0. The van der Waals surface area contributed by atoms with E-state index in [0.29, 0.717) is 0 Å². The Balaban J connectivity index is -0.000000454. The normalized spacial score (nSPS) is 10.5. The van der Waals surface area contributed by atoms with Gasteiger partial charge in [-0.1, -0.05) is 363 Å². The van der Waals surface area contributed by atoms with Crippen molar-refractivity contribution in [3.05, 3.63) is 71.8 Å². The van der Waals surface area contributed by atoms with Crippen molar-refractivity contribution in [2.75, 3.05) is 0 Å². The van der Waals surface area contributed by atoms with Gasteiger partial charge >= 0.3 is 67.7 Å². The van der Waals surface area contributed by atoms with Gasteiger partial charge in [-0.05, 0) is 49.7 Å². The molecule has 0 N–H and O–H groups in total. The van der Waals surface area contributed by atoms with E-state index in [1.165, 1.54) is 262 Å². The van der Waals surface area contributed by atoms with Crippen molar-refractivity contribution >= 4 is 78.9 Å². The van der Waals surface area contributed by atoms with E-state index < -0.39 is 17.9 Å². The molecule has 0 aliphatic heterocycles. The Kier molecular flexibility index (Phi) is 76.7. The van der Waals surface area contributed by atoms with Gasteiger partial charge in [-0.15, -0.1) is 0 Å². The van der Waals surface area contributed by atoms with Crippen molar-refractivity contribution in [1.29, 1.82) is 0 Å². The van der Waals surface area contributed by atoms with Crippen LogP contribution < -0.4 is 34.2 Å². The summed E-state index contributed by atoms with van der Waals surface area (Å²) in [5.41, 5.74) is 2.47. The van der Waals surface area contributed by atoms with Crippen LogP contribution in [0.1, 0.15) is 340 Å². The van der Waals surface area contributed by atoms with Gasteiger partial charge in [0.2, 0.25) is 0 Å². The molecule has 0 atom stereocenters. The van der Waals surface area contributed by atoms with Crippen molar-refractivity contribution < 1.29 is 48.6 Å². The van der Waals surface area contributed by atoms with E-state index in [4.69, 9.17) is 0 Å². The van der Waals surface area contributed by atoms with Crippen LogP contribution in [-0.4, -0.2) is 66.8 Å². The van der Waals surface area contributed by atoms with Crippen molar-refractivity contribution in [2.45, 2.75) is 329 Å². The van der Waals surface area contributed by atoms with Gasteiger partial charge in [0.25, 0.3) is 0 Å². The maximum atomic E-state index is 10.2. The summed E-state index contributed by atoms with van der Waals surface area (Å²) in [6.45, 7) is 6.80. The van der Waals surface area contributed by atoms with Crippen LogP contribution in [0.15, 0.2) is 60.7 Å². The third-order valence-electron chi connectivity index (χ3n) is 14.0. The van der Waals surface area contributed by atoms with E-state index in [2.05, 4.69) is 57.2 Å². The molecule has 8 heteroatoms. The van der Waals surface area contributed by atoms with Gasteiger partial charge < -0.3 is 29.7 Å². The van der Waals surface area contributed by atoms with E-state index in [1.807, 2.05) is 36.4 Å². The molecule has 0 fully saturated rings. The second-order valence-corrected chi connectivity index (χ2v) is 21.4. The molecule has 2 rings (SSSR count). The molecule has 0 aliphatic rings. The molecule has 6 nitrogen and oxygen atoms in total. The number of aliphatic carboxylic acids is 3. The third kappa shape index (κ3) is 74.8. The third-order valence-corrected chi connectivity index (χ3v) is 14.0. The van der Waals surface area contributed by atoms with Crippen LogP contribution >= 0.6 is 0 Å². The maximum Gasteiger partial charge on any atom is 2.00 e. The number of benzene rings is 2. The second-order valence-electron chi connectivity index (χ2n) is 21.4. The molecule has 0 saturated carbocycles. The fraction of sp³-hybridized carbons (Fsp3) is 0.750. The molecule has 428 valence electrons. The molecule has 0 spiro atoms. The average molecular weight is 1170 g/mol. The Morgan fingerprint density at radius 3 is 0.566 bits per heavy atom. The number of carbonyl (C=O) groups excluding carboxylic acids is 3. The average Bonchev–Trinajstić information content (AvgIpc) is 3.40. The molecule has 0 heterocycles. The summed E-state index contributed by atoms with van der Waals surface area (Å²) in [4.78, 5) is 30.7. The van der Waals surface area contributed by atoms with Crippen LogP contribution in [-0.2, 0) is 14.4 Å². The van der Waals surface area contributed by atoms with Gasteiger partial charge in [-0.3, -0.25) is 0 Å². The largest absolute Gasteiger partial charge is 2.00 e. The molecule has 0 amide bonds. The Labute approximate surface area is 523 Å². The Morgan fingerprint density at radius 1 is 0.276 bits per heavy atom. The summed E-state index contributed by atoms with van der Waals surface area (Å²) in [6, 6.07) is 20.6. The Bertz CT molecular complexity index is 1290. The number of carboxylic acid groups (broad SMARTS) is 3. The van der Waals surface area contributed by atoms with E-state index in [-0.39, 0.29) is 87.0 Å². The quantitative estimate of drug-likeness (QED) is 0.0370. The van der Waals surface area contributed by atoms with Crippen LogP contribution in [0.25, 0.3) is 12.2 Å². The first-order valence-corrected chi connectivity index (χ1v) is 31.6. The Hall–Kier alpha value is -1.24. The number of carboxylic acids is 3. The predicted octanol–water partition coefficient (Wildman–Crippen LogP) is 15.5. The number of carbonyl (C=O) groups is 3. The zero-order valence-electron chi connectivity index (χ0n) is 50.5. The molecular weight excluding hydrogens is 1060 g/mol. The van der Waals surface area contributed by atoms with Crippen molar-refractivity contribution in [2.24, 2.45) is 0 Å². The molecule has 0 unspecified atom stereocenters. The SMILES string of the molecule is C(=Cc1ccccc1)c1ccccc1.CCCCCCCCCCCCCCCCCC(=O)[O-].CCCCCCCCCCCCCCCCCC(=O)[O-].CCCCCCCCCCCCCCCCCC(=O)[O-].[Ba+2].[Li+]. The van der Waals surface area contributed by atoms with Crippen LogP contribution in [0.3, 0.4) is 0 Å². The standard InChI is InChI=1S/3C18H36O2.C14H12.Ba.Li/c3*1-2-3-4-5-6-7-8-9-10-11-12-13-14-15-16-17-18(19)20;1-3-7-13(8-4-1)11-12-14-9-5-2-6-10-14;;/h3*2-17H2,1H3,(H,19,20);1-12H;;/q;;;;+2;+1/p-3. The summed E-state index contributed by atoms with van der Waals surface area (Å²) in [7, 11) is 0. The number of hydrogen-bond acceptors (Lipinski definition) is 6. The summed E-state index contributed by atoms with van der Waals surface area (Å²) >= 11 is 0. The first-order valence-electron chi connectivity index (χ1n) is 31.6. The van der Waals surface area contributed by atoms with Crippen molar-refractivity contribution in [3.63, 3.8) is 0 Å². The van der Waals surface area contributed by atoms with Gasteiger partial charge in [0, 0.05) is 17.9 Å². The molecule has 2 aromatic carbocycles. The van der Waals surface area contributed by atoms with E-state index in [9.17, 15) is 29.7 Å². The molecule has 0 bridgehead atoms.